The highest BCUT2D eigenvalue weighted by molar-refractivity contribution is 5.97. The van der Waals surface area contributed by atoms with E-state index in [0.717, 1.165) is 61.7 Å². The number of hydrogen-bond acceptors (Lipinski definition) is 7. The Morgan fingerprint density at radius 3 is 2.60 bits per heavy atom. The SMILES string of the molecule is CC(C)CCC[C@H](C)[C@@H]1CC[C@@H]2[C@H]3CC=C4C[C@@H](OC(=O)COc5cc(O)c6c(c5)/C=C/CCCC(=O)CCCCOC6=O)CC[C@]4(C)[C@@H]3CC[C@]21C. The van der Waals surface area contributed by atoms with Gasteiger partial charge in [-0.05, 0) is 129 Å². The predicted octanol–water partition coefficient (Wildman–Crippen LogP) is 10.8. The van der Waals surface area contributed by atoms with Crippen molar-refractivity contribution >= 4 is 23.8 Å². The molecular formula is C46H66O7. The summed E-state index contributed by atoms with van der Waals surface area (Å²) >= 11 is 0. The topological polar surface area (TPSA) is 99.1 Å². The first kappa shape index (κ1) is 39.6. The second-order valence-electron chi connectivity index (χ2n) is 18.3. The van der Waals surface area contributed by atoms with Crippen molar-refractivity contribution in [2.45, 2.75) is 150 Å². The number of ketones is 1. The first-order valence-corrected chi connectivity index (χ1v) is 21.1. The van der Waals surface area contributed by atoms with Crippen LogP contribution in [0.3, 0.4) is 0 Å². The van der Waals surface area contributed by atoms with E-state index < -0.39 is 11.9 Å². The van der Waals surface area contributed by atoms with Gasteiger partial charge in [0.05, 0.1) is 6.61 Å². The molecule has 0 amide bonds. The summed E-state index contributed by atoms with van der Waals surface area (Å²) in [5.41, 5.74) is 2.66. The van der Waals surface area contributed by atoms with E-state index in [2.05, 4.69) is 40.7 Å². The third-order valence-corrected chi connectivity index (χ3v) is 14.4. The molecule has 1 aromatic rings. The van der Waals surface area contributed by atoms with Crippen LogP contribution in [0.15, 0.2) is 29.9 Å². The molecule has 0 bridgehead atoms. The Morgan fingerprint density at radius 2 is 1.79 bits per heavy atom. The number of phenolic OH excluding ortho intramolecular Hbond substituents is 1. The summed E-state index contributed by atoms with van der Waals surface area (Å²) in [6, 6.07) is 3.00. The monoisotopic (exact) mass is 730 g/mol. The summed E-state index contributed by atoms with van der Waals surface area (Å²) in [5, 5.41) is 10.9. The fourth-order valence-electron chi connectivity index (χ4n) is 11.6. The number of allylic oxidation sites excluding steroid dienone is 2. The zero-order chi connectivity index (χ0) is 37.8. The van der Waals surface area contributed by atoms with Gasteiger partial charge in [0.25, 0.3) is 0 Å². The standard InChI is InChI=1S/C46H66O7/c1-30(2)12-11-13-31(3)38-19-20-39-37-18-17-33-27-35(21-23-45(33,4)40(37)22-24-46(38,39)5)53-42(49)29-52-36-26-32-14-7-6-8-15-34(47)16-9-10-25-51-44(50)43(32)41(48)28-36/h7,14,17,26,28,30-31,35,37-40,48H,6,8-13,15-16,18-25,27,29H2,1-5H3/b14-7+/t31-,35-,37+,38-,39+,40+,45-,46-/m0/s1. The van der Waals surface area contributed by atoms with Gasteiger partial charge in [0, 0.05) is 25.3 Å². The first-order chi connectivity index (χ1) is 25.4. The van der Waals surface area contributed by atoms with Gasteiger partial charge < -0.3 is 19.3 Å². The first-order valence-electron chi connectivity index (χ1n) is 21.1. The highest BCUT2D eigenvalue weighted by atomic mass is 16.6. The van der Waals surface area contributed by atoms with Gasteiger partial charge in [0.15, 0.2) is 6.61 Å². The molecule has 6 rings (SSSR count). The molecule has 7 heteroatoms. The van der Waals surface area contributed by atoms with Crippen molar-refractivity contribution < 1.29 is 33.7 Å². The number of phenols is 1. The molecule has 8 atom stereocenters. The average Bonchev–Trinajstić information content (AvgIpc) is 3.47. The molecule has 1 aliphatic heterocycles. The molecule has 1 aromatic carbocycles. The van der Waals surface area contributed by atoms with Crippen molar-refractivity contribution in [1.82, 2.24) is 0 Å². The van der Waals surface area contributed by atoms with Crippen LogP contribution in [0.2, 0.25) is 0 Å². The summed E-state index contributed by atoms with van der Waals surface area (Å²) in [7, 11) is 0. The number of esters is 2. The Balaban J connectivity index is 1.05. The summed E-state index contributed by atoms with van der Waals surface area (Å²) in [6.07, 6.45) is 23.1. The van der Waals surface area contributed by atoms with E-state index in [0.29, 0.717) is 49.0 Å². The Bertz CT molecular complexity index is 1540. The normalized spacial score (nSPS) is 33.2. The van der Waals surface area contributed by atoms with Crippen LogP contribution in [0, 0.1) is 46.3 Å². The van der Waals surface area contributed by atoms with E-state index in [9.17, 15) is 19.5 Å². The van der Waals surface area contributed by atoms with Crippen LogP contribution in [-0.4, -0.2) is 42.1 Å². The third kappa shape index (κ3) is 8.91. The molecule has 1 N–H and O–H groups in total. The summed E-state index contributed by atoms with van der Waals surface area (Å²) < 4.78 is 17.3. The summed E-state index contributed by atoms with van der Waals surface area (Å²) in [4.78, 5) is 38.1. The maximum Gasteiger partial charge on any atom is 0.344 e. The molecule has 1 heterocycles. The second kappa shape index (κ2) is 17.1. The number of carbonyl (C=O) groups is 3. The largest absolute Gasteiger partial charge is 0.507 e. The maximum atomic E-state index is 13.1. The number of ether oxygens (including phenoxy) is 3. The Labute approximate surface area is 318 Å². The van der Waals surface area contributed by atoms with Gasteiger partial charge in [-0.1, -0.05) is 77.7 Å². The van der Waals surface area contributed by atoms with Crippen LogP contribution < -0.4 is 4.74 Å². The van der Waals surface area contributed by atoms with E-state index in [1.165, 1.54) is 56.6 Å². The second-order valence-corrected chi connectivity index (χ2v) is 18.3. The van der Waals surface area contributed by atoms with Crippen LogP contribution >= 0.6 is 0 Å². The van der Waals surface area contributed by atoms with E-state index in [4.69, 9.17) is 14.2 Å². The highest BCUT2D eigenvalue weighted by Crippen LogP contribution is 2.67. The van der Waals surface area contributed by atoms with Crippen molar-refractivity contribution in [3.8, 4) is 11.5 Å². The Kier molecular flexibility index (Phi) is 12.8. The molecule has 3 saturated carbocycles. The maximum absolute atomic E-state index is 13.1. The molecule has 7 nitrogen and oxygen atoms in total. The van der Waals surface area contributed by atoms with E-state index >= 15 is 0 Å². The van der Waals surface area contributed by atoms with Gasteiger partial charge in [0.1, 0.15) is 28.9 Å². The summed E-state index contributed by atoms with van der Waals surface area (Å²) in [6.45, 7) is 12.3. The van der Waals surface area contributed by atoms with E-state index in [1.807, 2.05) is 6.08 Å². The minimum absolute atomic E-state index is 0.0690. The smallest absolute Gasteiger partial charge is 0.344 e. The number of aromatic hydroxyl groups is 1. The van der Waals surface area contributed by atoms with Crippen molar-refractivity contribution in [1.29, 1.82) is 0 Å². The van der Waals surface area contributed by atoms with Crippen LogP contribution in [0.4, 0.5) is 0 Å². The average molecular weight is 731 g/mol. The van der Waals surface area contributed by atoms with Gasteiger partial charge in [0.2, 0.25) is 0 Å². The van der Waals surface area contributed by atoms with Crippen LogP contribution in [0.5, 0.6) is 11.5 Å². The van der Waals surface area contributed by atoms with Gasteiger partial charge in [-0.25, -0.2) is 9.59 Å². The van der Waals surface area contributed by atoms with E-state index in [-0.39, 0.29) is 47.6 Å². The van der Waals surface area contributed by atoms with Crippen molar-refractivity contribution in [3.05, 3.63) is 41.0 Å². The minimum atomic E-state index is -0.624. The molecular weight excluding hydrogens is 664 g/mol. The number of benzene rings is 1. The Hall–Kier alpha value is -3.09. The van der Waals surface area contributed by atoms with Crippen LogP contribution in [-0.2, 0) is 19.1 Å². The number of Topliss-reactive ketones (excluding diaryl/α,β-unsaturated/α-hetero) is 1. The zero-order valence-corrected chi connectivity index (χ0v) is 33.3. The van der Waals surface area contributed by atoms with Gasteiger partial charge in [-0.15, -0.1) is 0 Å². The zero-order valence-electron chi connectivity index (χ0n) is 33.3. The van der Waals surface area contributed by atoms with E-state index in [1.54, 1.807) is 12.1 Å². The fourth-order valence-corrected chi connectivity index (χ4v) is 11.6. The van der Waals surface area contributed by atoms with Gasteiger partial charge >= 0.3 is 11.9 Å². The molecule has 5 aliphatic rings. The lowest BCUT2D eigenvalue weighted by atomic mass is 9.47. The number of carbonyl (C=O) groups excluding carboxylic acids is 3. The molecule has 292 valence electrons. The Morgan fingerprint density at radius 1 is 0.981 bits per heavy atom. The van der Waals surface area contributed by atoms with Crippen molar-refractivity contribution in [3.63, 3.8) is 0 Å². The van der Waals surface area contributed by atoms with Crippen LogP contribution in [0.1, 0.15) is 160 Å². The molecule has 0 unspecified atom stereocenters. The lowest BCUT2D eigenvalue weighted by Gasteiger charge is -2.58. The number of fused-ring (bicyclic) bond motifs is 6. The third-order valence-electron chi connectivity index (χ3n) is 14.4. The molecule has 3 fully saturated rings. The lowest BCUT2D eigenvalue weighted by Crippen LogP contribution is -2.51. The molecule has 53 heavy (non-hydrogen) atoms. The lowest BCUT2D eigenvalue weighted by molar-refractivity contribution is -0.154. The quantitative estimate of drug-likeness (QED) is 0.199. The highest BCUT2D eigenvalue weighted by Gasteiger charge is 2.59. The fraction of sp³-hybridized carbons (Fsp3) is 0.717. The number of rotatable bonds is 9. The van der Waals surface area contributed by atoms with Crippen LogP contribution in [0.25, 0.3) is 6.08 Å². The molecule has 4 aliphatic carbocycles. The van der Waals surface area contributed by atoms with Crippen molar-refractivity contribution in [2.75, 3.05) is 13.2 Å². The summed E-state index contributed by atoms with van der Waals surface area (Å²) in [5.74, 6) is 3.94. The van der Waals surface area contributed by atoms with Crippen molar-refractivity contribution in [2.24, 2.45) is 46.3 Å². The molecule has 0 radical (unpaired) electrons. The predicted molar refractivity (Wildman–Crippen MR) is 209 cm³/mol. The minimum Gasteiger partial charge on any atom is -0.507 e. The number of hydrogen-bond donors (Lipinski definition) is 1. The molecule has 0 saturated heterocycles. The molecule has 0 aromatic heterocycles. The van der Waals surface area contributed by atoms with Gasteiger partial charge in [-0.2, -0.15) is 0 Å². The number of cyclic esters (lactones) is 1. The van der Waals surface area contributed by atoms with Gasteiger partial charge in [-0.3, -0.25) is 4.79 Å². The molecule has 0 spiro atoms.